The predicted octanol–water partition coefficient (Wildman–Crippen LogP) is 2.86. The molecule has 3 aliphatic rings. The average molecular weight is 762 g/mol. The van der Waals surface area contributed by atoms with Gasteiger partial charge in [-0.2, -0.15) is 0 Å². The molecule has 0 bridgehead atoms. The van der Waals surface area contributed by atoms with Crippen LogP contribution in [0.3, 0.4) is 0 Å². The smallest absolute Gasteiger partial charge is 0.534 e. The van der Waals surface area contributed by atoms with Gasteiger partial charge >= 0.3 is 25.1 Å². The van der Waals surface area contributed by atoms with E-state index in [0.29, 0.717) is 44.1 Å². The average Bonchev–Trinajstić information content (AvgIpc) is 3.49. The molecule has 2 saturated heterocycles. The number of benzene rings is 3. The monoisotopic (exact) mass is 761 g/mol. The number of hydrogen-bond donors (Lipinski definition) is 7. The number of carbonyl (C=O) groups excluding carboxylic acids is 3. The summed E-state index contributed by atoms with van der Waals surface area (Å²) in [6, 6.07) is 2.45. The fourth-order valence-corrected chi connectivity index (χ4v) is 7.05. The highest BCUT2D eigenvalue weighted by Crippen LogP contribution is 2.41. The number of likely N-dealkylation sites (tertiary alicyclic amines) is 1. The molecule has 3 heterocycles. The Labute approximate surface area is 304 Å². The van der Waals surface area contributed by atoms with E-state index in [0.717, 1.165) is 17.0 Å². The zero-order chi connectivity index (χ0) is 38.3. The summed E-state index contributed by atoms with van der Waals surface area (Å²) < 4.78 is 47.9. The standard InChI is InChI=1S/C33H32BClF3N5O10/c35-25-20(13-22(38)27(45)28(25)46)26(30(47)39-23-11-16-1-2-21(37)24(31(48)49)29(16)53-34(23)52)40-32(50)43-8-7-42(33(43)51)18-3-5-41(6-4-18)14-15-9-17(36)12-19(44)10-15/h1-2,9-10,12-13,18,23,26,44-46,52H,3-8,11,14H2,(H,39,47)(H,40,50)(H,48,49)/t23-,26+/m0/s1. The molecule has 20 heteroatoms. The number of amides is 5. The molecule has 6 rings (SSSR count). The SMILES string of the molecule is O=C(O)c1c(F)ccc2c1OB(O)[C@@H](NC(=O)[C@H](NC(=O)N1CCN(C3CCN(Cc4cc(O)cc(F)c4)CC3)C1=O)c1cc(F)c(O)c(O)c1Cl)C2. The van der Waals surface area contributed by atoms with Gasteiger partial charge in [0.2, 0.25) is 5.91 Å². The topological polar surface area (TPSA) is 212 Å². The van der Waals surface area contributed by atoms with Crippen LogP contribution in [0.15, 0.2) is 36.4 Å². The van der Waals surface area contributed by atoms with Crippen LogP contribution in [0.4, 0.5) is 22.8 Å². The molecule has 0 unspecified atom stereocenters. The van der Waals surface area contributed by atoms with E-state index in [4.69, 9.17) is 16.3 Å². The summed E-state index contributed by atoms with van der Waals surface area (Å²) in [7, 11) is -1.93. The molecule has 280 valence electrons. The molecule has 0 saturated carbocycles. The third-order valence-corrected chi connectivity index (χ3v) is 9.82. The quantitative estimate of drug-likeness (QED) is 0.131. The first-order valence-corrected chi connectivity index (χ1v) is 16.7. The van der Waals surface area contributed by atoms with Gasteiger partial charge in [0.05, 0.1) is 11.0 Å². The first-order chi connectivity index (χ1) is 25.1. The molecule has 5 amide bonds. The zero-order valence-corrected chi connectivity index (χ0v) is 28.3. The molecule has 2 fully saturated rings. The number of nitrogens with zero attached hydrogens (tertiary/aromatic N) is 3. The van der Waals surface area contributed by atoms with Crippen molar-refractivity contribution < 1.29 is 62.5 Å². The molecular formula is C33H32BClF3N5O10. The number of urea groups is 2. The Hall–Kier alpha value is -5.40. The Morgan fingerprint density at radius 2 is 1.70 bits per heavy atom. The number of phenols is 3. The Morgan fingerprint density at radius 1 is 0.981 bits per heavy atom. The second-order valence-electron chi connectivity index (χ2n) is 12.8. The van der Waals surface area contributed by atoms with Crippen LogP contribution in [0, 0.1) is 17.5 Å². The third kappa shape index (κ3) is 7.58. The minimum Gasteiger partial charge on any atom is -0.534 e. The molecular weight excluding hydrogens is 730 g/mol. The lowest BCUT2D eigenvalue weighted by Crippen LogP contribution is -2.56. The first-order valence-electron chi connectivity index (χ1n) is 16.3. The van der Waals surface area contributed by atoms with Gasteiger partial charge in [-0.25, -0.2) is 32.5 Å². The van der Waals surface area contributed by atoms with Crippen LogP contribution >= 0.6 is 11.6 Å². The number of piperidine rings is 1. The number of carboxylic acids is 1. The van der Waals surface area contributed by atoms with Crippen LogP contribution < -0.4 is 15.3 Å². The highest BCUT2D eigenvalue weighted by atomic mass is 35.5. The summed E-state index contributed by atoms with van der Waals surface area (Å²) in [5.41, 5.74) is -0.680. The molecule has 0 radical (unpaired) electrons. The number of aromatic carboxylic acids is 1. The molecule has 3 aliphatic heterocycles. The van der Waals surface area contributed by atoms with E-state index in [1.807, 2.05) is 4.90 Å². The second kappa shape index (κ2) is 14.9. The maximum Gasteiger partial charge on any atom is 0.547 e. The van der Waals surface area contributed by atoms with E-state index >= 15 is 0 Å². The van der Waals surface area contributed by atoms with E-state index < -0.39 is 93.9 Å². The van der Waals surface area contributed by atoms with Gasteiger partial charge in [0.15, 0.2) is 17.3 Å². The molecule has 3 aromatic rings. The molecule has 7 N–H and O–H groups in total. The number of carbonyl (C=O) groups is 4. The number of fused-ring (bicyclic) bond motifs is 1. The Balaban J connectivity index is 1.16. The van der Waals surface area contributed by atoms with Gasteiger partial charge in [0, 0.05) is 50.4 Å². The lowest BCUT2D eigenvalue weighted by Gasteiger charge is -2.36. The number of imide groups is 1. The maximum atomic E-state index is 14.7. The molecule has 15 nitrogen and oxygen atoms in total. The first kappa shape index (κ1) is 37.4. The van der Waals surface area contributed by atoms with Gasteiger partial charge in [-0.3, -0.25) is 9.69 Å². The number of hydrogen-bond acceptors (Lipinski definition) is 10. The van der Waals surface area contributed by atoms with E-state index in [9.17, 15) is 57.8 Å². The molecule has 0 aliphatic carbocycles. The minimum atomic E-state index is -1.94. The highest BCUT2D eigenvalue weighted by Gasteiger charge is 2.43. The van der Waals surface area contributed by atoms with Crippen molar-refractivity contribution in [2.75, 3.05) is 26.2 Å². The summed E-state index contributed by atoms with van der Waals surface area (Å²) in [4.78, 5) is 56.8. The number of nitrogens with one attached hydrogen (secondary N) is 2. The number of phenolic OH excluding ortho intramolecular Hbond substituents is 3. The fourth-order valence-electron chi connectivity index (χ4n) is 6.80. The van der Waals surface area contributed by atoms with Crippen molar-refractivity contribution >= 4 is 42.7 Å². The van der Waals surface area contributed by atoms with Crippen LogP contribution in [0.25, 0.3) is 0 Å². The molecule has 53 heavy (non-hydrogen) atoms. The van der Waals surface area contributed by atoms with Crippen molar-refractivity contribution in [2.45, 2.75) is 43.8 Å². The van der Waals surface area contributed by atoms with Crippen molar-refractivity contribution in [3.63, 3.8) is 0 Å². The molecule has 0 spiro atoms. The van der Waals surface area contributed by atoms with Gasteiger partial charge in [0.1, 0.15) is 34.7 Å². The van der Waals surface area contributed by atoms with E-state index in [-0.39, 0.29) is 36.9 Å². The van der Waals surface area contributed by atoms with Crippen LogP contribution in [0.2, 0.25) is 5.02 Å². The van der Waals surface area contributed by atoms with Crippen molar-refractivity contribution in [3.05, 3.63) is 81.1 Å². The lowest BCUT2D eigenvalue weighted by molar-refractivity contribution is -0.123. The van der Waals surface area contributed by atoms with E-state index in [1.165, 1.54) is 23.1 Å². The molecule has 0 aromatic heterocycles. The number of halogens is 4. The van der Waals surface area contributed by atoms with Gasteiger partial charge in [-0.05, 0) is 54.7 Å². The third-order valence-electron chi connectivity index (χ3n) is 9.42. The predicted molar refractivity (Wildman–Crippen MR) is 179 cm³/mol. The fraction of sp³-hybridized carbons (Fsp3) is 0.333. The van der Waals surface area contributed by atoms with Crippen molar-refractivity contribution in [2.24, 2.45) is 0 Å². The Bertz CT molecular complexity index is 1970. The minimum absolute atomic E-state index is 0.0981. The second-order valence-corrected chi connectivity index (χ2v) is 13.2. The highest BCUT2D eigenvalue weighted by molar-refractivity contribution is 6.47. The molecule has 3 aromatic carbocycles. The molecule has 2 atom stereocenters. The summed E-state index contributed by atoms with van der Waals surface area (Å²) in [6.07, 6.45) is 0.755. The number of rotatable bonds is 8. The van der Waals surface area contributed by atoms with Crippen LogP contribution in [-0.2, 0) is 17.8 Å². The lowest BCUT2D eigenvalue weighted by atomic mass is 9.72. The van der Waals surface area contributed by atoms with E-state index in [1.54, 1.807) is 0 Å². The van der Waals surface area contributed by atoms with Crippen molar-refractivity contribution in [1.29, 1.82) is 0 Å². The van der Waals surface area contributed by atoms with Gasteiger partial charge in [0.25, 0.3) is 0 Å². The van der Waals surface area contributed by atoms with Gasteiger partial charge < -0.3 is 45.6 Å². The summed E-state index contributed by atoms with van der Waals surface area (Å²) in [5, 5.41) is 53.9. The van der Waals surface area contributed by atoms with Crippen molar-refractivity contribution in [3.8, 4) is 23.0 Å². The van der Waals surface area contributed by atoms with Crippen LogP contribution in [-0.4, -0.2) is 109 Å². The Morgan fingerprint density at radius 3 is 2.38 bits per heavy atom. The van der Waals surface area contributed by atoms with Crippen LogP contribution in [0.1, 0.15) is 45.9 Å². The van der Waals surface area contributed by atoms with E-state index in [2.05, 4.69) is 10.6 Å². The normalized spacial score (nSPS) is 18.4. The summed E-state index contributed by atoms with van der Waals surface area (Å²) in [6.45, 7) is 1.48. The maximum absolute atomic E-state index is 14.7. The van der Waals surface area contributed by atoms with Gasteiger partial charge in [-0.1, -0.05) is 17.7 Å². The zero-order valence-electron chi connectivity index (χ0n) is 27.6. The Kier molecular flexibility index (Phi) is 10.5. The van der Waals surface area contributed by atoms with Gasteiger partial charge in [-0.15, -0.1) is 0 Å². The number of carboxylic acid groups (broad SMARTS) is 1. The number of aromatic hydroxyl groups is 3. The largest absolute Gasteiger partial charge is 0.547 e. The summed E-state index contributed by atoms with van der Waals surface area (Å²) in [5.74, 6) is -10.3. The van der Waals surface area contributed by atoms with Crippen molar-refractivity contribution in [1.82, 2.24) is 25.3 Å². The van der Waals surface area contributed by atoms with Crippen LogP contribution in [0.5, 0.6) is 23.0 Å². The summed E-state index contributed by atoms with van der Waals surface area (Å²) >= 11 is 6.19.